The maximum Gasteiger partial charge on any atom is 0.278 e. The van der Waals surface area contributed by atoms with Gasteiger partial charge in [-0.3, -0.25) is 0 Å². The van der Waals surface area contributed by atoms with Gasteiger partial charge in [0.2, 0.25) is 0 Å². The Bertz CT molecular complexity index is 916. The largest absolute Gasteiger partial charge is 0.382 e. The number of aromatic nitrogens is 1. The monoisotopic (exact) mass is 383 g/mol. The van der Waals surface area contributed by atoms with Crippen LogP contribution in [0.2, 0.25) is 5.02 Å². The number of alkyl halides is 2. The van der Waals surface area contributed by atoms with Crippen molar-refractivity contribution in [2.24, 2.45) is 0 Å². The molecule has 0 amide bonds. The van der Waals surface area contributed by atoms with Crippen LogP contribution in [0.5, 0.6) is 0 Å². The van der Waals surface area contributed by atoms with E-state index in [-0.39, 0.29) is 17.0 Å². The number of hydrogen-bond donors (Lipinski definition) is 1. The maximum atomic E-state index is 14.1. The van der Waals surface area contributed by atoms with Crippen LogP contribution in [0.4, 0.5) is 13.2 Å². The van der Waals surface area contributed by atoms with Crippen molar-refractivity contribution < 1.29 is 18.3 Å². The third-order valence-corrected chi connectivity index (χ3v) is 5.38. The quantitative estimate of drug-likeness (QED) is 0.611. The molecule has 1 aliphatic carbocycles. The van der Waals surface area contributed by atoms with Gasteiger partial charge in [0.25, 0.3) is 5.92 Å². The summed E-state index contributed by atoms with van der Waals surface area (Å²) in [6, 6.07) is 5.86. The van der Waals surface area contributed by atoms with Crippen LogP contribution in [0.25, 0.3) is 16.8 Å². The number of aliphatic hydroxyl groups excluding tert-OH is 1. The highest BCUT2D eigenvalue weighted by atomic mass is 35.5. The lowest BCUT2D eigenvalue weighted by Gasteiger charge is -2.29. The van der Waals surface area contributed by atoms with Crippen LogP contribution in [0.1, 0.15) is 23.8 Å². The summed E-state index contributed by atoms with van der Waals surface area (Å²) in [5.41, 5.74) is 2.49. The number of rotatable bonds is 2. The first kappa shape index (κ1) is 16.7. The molecule has 1 aromatic carbocycles. The first-order chi connectivity index (χ1) is 11.9. The van der Waals surface area contributed by atoms with Gasteiger partial charge in [0.05, 0.1) is 0 Å². The van der Waals surface area contributed by atoms with Gasteiger partial charge in [-0.15, -0.1) is 0 Å². The molecule has 0 bridgehead atoms. The second-order valence-electron chi connectivity index (χ2n) is 6.08. The van der Waals surface area contributed by atoms with E-state index in [0.717, 1.165) is 5.56 Å². The molecule has 3 aromatic rings. The van der Waals surface area contributed by atoms with Crippen LogP contribution in [0.3, 0.4) is 0 Å². The van der Waals surface area contributed by atoms with Crippen molar-refractivity contribution in [1.29, 1.82) is 0 Å². The molecular weight excluding hydrogens is 371 g/mol. The first-order valence-electron chi connectivity index (χ1n) is 7.66. The number of halogens is 4. The molecule has 7 heteroatoms. The van der Waals surface area contributed by atoms with E-state index in [9.17, 15) is 18.3 Å². The van der Waals surface area contributed by atoms with E-state index in [1.54, 1.807) is 16.8 Å². The maximum absolute atomic E-state index is 14.1. The van der Waals surface area contributed by atoms with Crippen LogP contribution in [-0.2, 0) is 6.42 Å². The average molecular weight is 384 g/mol. The lowest BCUT2D eigenvalue weighted by Crippen LogP contribution is -2.32. The van der Waals surface area contributed by atoms with Crippen LogP contribution < -0.4 is 0 Å². The molecule has 1 unspecified atom stereocenters. The second kappa shape index (κ2) is 5.90. The van der Waals surface area contributed by atoms with Crippen molar-refractivity contribution in [3.05, 3.63) is 63.3 Å². The fourth-order valence-electron chi connectivity index (χ4n) is 3.31. The molecule has 0 saturated heterocycles. The Morgan fingerprint density at radius 1 is 1.28 bits per heavy atom. The number of thiophene rings is 1. The minimum Gasteiger partial charge on any atom is -0.382 e. The number of benzene rings is 1. The Labute approximate surface area is 151 Å². The van der Waals surface area contributed by atoms with Gasteiger partial charge in [-0.2, -0.15) is 11.3 Å². The van der Waals surface area contributed by atoms with Crippen LogP contribution in [0, 0.1) is 5.82 Å². The van der Waals surface area contributed by atoms with Gasteiger partial charge >= 0.3 is 0 Å². The van der Waals surface area contributed by atoms with Gasteiger partial charge in [-0.05, 0) is 47.0 Å². The fourth-order valence-corrected chi connectivity index (χ4v) is 4.18. The minimum absolute atomic E-state index is 0.0810. The lowest BCUT2D eigenvalue weighted by molar-refractivity contribution is -0.121. The number of aliphatic hydroxyl groups is 1. The highest BCUT2D eigenvalue weighted by Crippen LogP contribution is 2.47. The summed E-state index contributed by atoms with van der Waals surface area (Å²) in [6.07, 6.45) is -0.603. The Hall–Kier alpha value is -1.76. The summed E-state index contributed by atoms with van der Waals surface area (Å²) in [5, 5.41) is 14.2. The van der Waals surface area contributed by atoms with E-state index in [0.29, 0.717) is 16.9 Å². The Morgan fingerprint density at radius 2 is 2.08 bits per heavy atom. The lowest BCUT2D eigenvalue weighted by atomic mass is 9.88. The molecular formula is C18H13ClF3NOS. The Balaban J connectivity index is 1.97. The van der Waals surface area contributed by atoms with Gasteiger partial charge in [-0.25, -0.2) is 13.2 Å². The fraction of sp³-hybridized carbons (Fsp3) is 0.222. The van der Waals surface area contributed by atoms with Crippen molar-refractivity contribution in [2.45, 2.75) is 24.9 Å². The molecule has 0 spiro atoms. The van der Waals surface area contributed by atoms with Gasteiger partial charge in [0.1, 0.15) is 11.9 Å². The highest BCUT2D eigenvalue weighted by molar-refractivity contribution is 7.08. The van der Waals surface area contributed by atoms with Crippen molar-refractivity contribution >= 4 is 22.9 Å². The number of hydrogen-bond acceptors (Lipinski definition) is 2. The molecule has 4 rings (SSSR count). The predicted octanol–water partition coefficient (Wildman–Crippen LogP) is 5.61. The van der Waals surface area contributed by atoms with Crippen LogP contribution >= 0.6 is 22.9 Å². The zero-order valence-corrected chi connectivity index (χ0v) is 14.4. The summed E-state index contributed by atoms with van der Waals surface area (Å²) in [6.45, 7) is 0. The molecule has 2 heterocycles. The highest BCUT2D eigenvalue weighted by Gasteiger charge is 2.46. The third-order valence-electron chi connectivity index (χ3n) is 4.48. The Kier molecular flexibility index (Phi) is 3.94. The topological polar surface area (TPSA) is 25.2 Å². The SMILES string of the molecule is OC1c2c(-c3ccsc3)cn(-c3cc(F)cc(Cl)c3)c2CCC1(F)F. The summed E-state index contributed by atoms with van der Waals surface area (Å²) in [5.74, 6) is -3.70. The van der Waals surface area contributed by atoms with E-state index >= 15 is 0 Å². The molecule has 2 aromatic heterocycles. The first-order valence-corrected chi connectivity index (χ1v) is 8.98. The van der Waals surface area contributed by atoms with Gasteiger partial charge in [-0.1, -0.05) is 11.6 Å². The third kappa shape index (κ3) is 2.78. The molecule has 0 saturated carbocycles. The van der Waals surface area contributed by atoms with Gasteiger partial charge < -0.3 is 9.67 Å². The standard InChI is InChI=1S/C18H13ClF3NOS/c19-11-5-12(20)7-13(6-11)23-8-14(10-2-4-25-9-10)16-15(23)1-3-18(21,22)17(16)24/h2,4-9,17,24H,1,3H2. The van der Waals surface area contributed by atoms with E-state index < -0.39 is 24.3 Å². The summed E-state index contributed by atoms with van der Waals surface area (Å²) in [7, 11) is 0. The van der Waals surface area contributed by atoms with Crippen molar-refractivity contribution in [3.8, 4) is 16.8 Å². The van der Waals surface area contributed by atoms with Crippen molar-refractivity contribution in [2.75, 3.05) is 0 Å². The second-order valence-corrected chi connectivity index (χ2v) is 7.29. The molecule has 0 fully saturated rings. The molecule has 1 aliphatic rings. The van der Waals surface area contributed by atoms with Crippen molar-refractivity contribution in [1.82, 2.24) is 4.57 Å². The Morgan fingerprint density at radius 3 is 2.76 bits per heavy atom. The summed E-state index contributed by atoms with van der Waals surface area (Å²) < 4.78 is 43.6. The smallest absolute Gasteiger partial charge is 0.278 e. The van der Waals surface area contributed by atoms with E-state index in [4.69, 9.17) is 11.6 Å². The predicted molar refractivity (Wildman–Crippen MR) is 92.3 cm³/mol. The average Bonchev–Trinajstić information content (AvgIpc) is 3.17. The van der Waals surface area contributed by atoms with E-state index in [2.05, 4.69) is 0 Å². The molecule has 2 nitrogen and oxygen atoms in total. The molecule has 0 aliphatic heterocycles. The zero-order chi connectivity index (χ0) is 17.8. The van der Waals surface area contributed by atoms with Crippen molar-refractivity contribution in [3.63, 3.8) is 0 Å². The van der Waals surface area contributed by atoms with Crippen LogP contribution in [0.15, 0.2) is 41.2 Å². The summed E-state index contributed by atoms with van der Waals surface area (Å²) >= 11 is 7.38. The molecule has 25 heavy (non-hydrogen) atoms. The molecule has 130 valence electrons. The number of nitrogens with zero attached hydrogens (tertiary/aromatic N) is 1. The normalized spacial score (nSPS) is 19.0. The molecule has 1 N–H and O–H groups in total. The van der Waals surface area contributed by atoms with Crippen LogP contribution in [-0.4, -0.2) is 15.6 Å². The molecule has 1 atom stereocenters. The van der Waals surface area contributed by atoms with E-state index in [1.165, 1.54) is 23.5 Å². The number of fused-ring (bicyclic) bond motifs is 1. The van der Waals surface area contributed by atoms with E-state index in [1.807, 2.05) is 16.8 Å². The zero-order valence-electron chi connectivity index (χ0n) is 12.8. The van der Waals surface area contributed by atoms with Gasteiger partial charge in [0, 0.05) is 40.1 Å². The molecule has 0 radical (unpaired) electrons. The van der Waals surface area contributed by atoms with Gasteiger partial charge in [0.15, 0.2) is 0 Å². The summed E-state index contributed by atoms with van der Waals surface area (Å²) in [4.78, 5) is 0. The minimum atomic E-state index is -3.19.